The molecule has 20 heavy (non-hydrogen) atoms. The van der Waals surface area contributed by atoms with Crippen LogP contribution in [0.5, 0.6) is 0 Å². The van der Waals surface area contributed by atoms with Gasteiger partial charge in [0.1, 0.15) is 0 Å². The lowest BCUT2D eigenvalue weighted by atomic mass is 9.97. The highest BCUT2D eigenvalue weighted by molar-refractivity contribution is 5.94. The van der Waals surface area contributed by atoms with Crippen molar-refractivity contribution >= 4 is 5.91 Å². The number of carbonyl (C=O) groups is 1. The van der Waals surface area contributed by atoms with E-state index in [-0.39, 0.29) is 5.91 Å². The molecule has 2 fully saturated rings. The topological polar surface area (TPSA) is 58.4 Å². The Morgan fingerprint density at radius 3 is 3.10 bits per heavy atom. The first kappa shape index (κ1) is 13.6. The maximum absolute atomic E-state index is 12.3. The van der Waals surface area contributed by atoms with E-state index in [0.717, 1.165) is 30.5 Å². The maximum atomic E-state index is 12.3. The summed E-state index contributed by atoms with van der Waals surface area (Å²) >= 11 is 0. The quantitative estimate of drug-likeness (QED) is 0.877. The standard InChI is InChI=1S/C16H23N3O/c17-11-12-3-1-4-13(9-12)16(20)18-14-6-8-19-7-2-5-15(19)10-14/h1,3-4,9,14-15H,2,5-8,10-11,17H2,(H,18,20). The summed E-state index contributed by atoms with van der Waals surface area (Å²) in [5.41, 5.74) is 7.35. The van der Waals surface area contributed by atoms with Gasteiger partial charge in [0.2, 0.25) is 0 Å². The molecule has 0 bridgehead atoms. The molecule has 0 radical (unpaired) electrons. The molecule has 0 aromatic heterocycles. The Morgan fingerprint density at radius 2 is 2.25 bits per heavy atom. The molecule has 0 saturated carbocycles. The fourth-order valence-electron chi connectivity index (χ4n) is 3.46. The molecule has 2 atom stereocenters. The minimum Gasteiger partial charge on any atom is -0.349 e. The van der Waals surface area contributed by atoms with Crippen molar-refractivity contribution in [2.75, 3.05) is 13.1 Å². The van der Waals surface area contributed by atoms with Crippen LogP contribution in [0.2, 0.25) is 0 Å². The van der Waals surface area contributed by atoms with E-state index in [4.69, 9.17) is 5.73 Å². The van der Waals surface area contributed by atoms with Gasteiger partial charge in [-0.1, -0.05) is 12.1 Å². The number of hydrogen-bond donors (Lipinski definition) is 2. The van der Waals surface area contributed by atoms with Crippen LogP contribution in [0.4, 0.5) is 0 Å². The molecule has 1 aromatic rings. The molecule has 4 nitrogen and oxygen atoms in total. The summed E-state index contributed by atoms with van der Waals surface area (Å²) < 4.78 is 0. The molecule has 0 spiro atoms. The number of carbonyl (C=O) groups excluding carboxylic acids is 1. The van der Waals surface area contributed by atoms with Crippen LogP contribution in [-0.2, 0) is 6.54 Å². The molecule has 108 valence electrons. The first-order valence-electron chi connectivity index (χ1n) is 7.60. The molecular formula is C16H23N3O. The zero-order valence-electron chi connectivity index (χ0n) is 11.8. The summed E-state index contributed by atoms with van der Waals surface area (Å²) in [6, 6.07) is 8.61. The Balaban J connectivity index is 1.61. The second kappa shape index (κ2) is 5.94. The van der Waals surface area contributed by atoms with Gasteiger partial charge in [0.05, 0.1) is 0 Å². The highest BCUT2D eigenvalue weighted by Gasteiger charge is 2.32. The van der Waals surface area contributed by atoms with Gasteiger partial charge in [0, 0.05) is 30.7 Å². The normalized spacial score (nSPS) is 26.2. The first-order chi connectivity index (χ1) is 9.76. The van der Waals surface area contributed by atoms with Gasteiger partial charge in [-0.2, -0.15) is 0 Å². The fraction of sp³-hybridized carbons (Fsp3) is 0.562. The van der Waals surface area contributed by atoms with E-state index in [1.54, 1.807) is 0 Å². The molecule has 1 aromatic carbocycles. The summed E-state index contributed by atoms with van der Waals surface area (Å²) in [6.45, 7) is 2.84. The average molecular weight is 273 g/mol. The molecule has 2 aliphatic rings. The predicted molar refractivity (Wildman–Crippen MR) is 79.4 cm³/mol. The van der Waals surface area contributed by atoms with E-state index in [1.165, 1.54) is 19.4 Å². The summed E-state index contributed by atoms with van der Waals surface area (Å²) in [4.78, 5) is 14.9. The second-order valence-corrected chi connectivity index (χ2v) is 5.93. The van der Waals surface area contributed by atoms with Gasteiger partial charge in [0.25, 0.3) is 5.91 Å². The molecule has 3 rings (SSSR count). The highest BCUT2D eigenvalue weighted by atomic mass is 16.1. The zero-order valence-corrected chi connectivity index (χ0v) is 11.8. The van der Waals surface area contributed by atoms with Crippen molar-refractivity contribution in [1.29, 1.82) is 0 Å². The van der Waals surface area contributed by atoms with Crippen LogP contribution in [0.3, 0.4) is 0 Å². The molecule has 0 aliphatic carbocycles. The van der Waals surface area contributed by atoms with Crippen LogP contribution in [0, 0.1) is 0 Å². The average Bonchev–Trinajstić information content (AvgIpc) is 2.95. The Labute approximate surface area is 120 Å². The first-order valence-corrected chi connectivity index (χ1v) is 7.60. The van der Waals surface area contributed by atoms with Gasteiger partial charge < -0.3 is 16.0 Å². The van der Waals surface area contributed by atoms with Crippen LogP contribution in [-0.4, -0.2) is 36.0 Å². The minimum atomic E-state index is 0.0387. The number of fused-ring (bicyclic) bond motifs is 1. The summed E-state index contributed by atoms with van der Waals surface area (Å²) in [6.07, 6.45) is 4.76. The van der Waals surface area contributed by atoms with Crippen molar-refractivity contribution in [2.45, 2.75) is 44.3 Å². The Morgan fingerprint density at radius 1 is 1.35 bits per heavy atom. The van der Waals surface area contributed by atoms with Crippen LogP contribution in [0.15, 0.2) is 24.3 Å². The zero-order chi connectivity index (χ0) is 13.9. The largest absolute Gasteiger partial charge is 0.349 e. The second-order valence-electron chi connectivity index (χ2n) is 5.93. The van der Waals surface area contributed by atoms with Crippen molar-refractivity contribution in [2.24, 2.45) is 5.73 Å². The molecule has 2 aliphatic heterocycles. The summed E-state index contributed by atoms with van der Waals surface area (Å²) in [5.74, 6) is 0.0387. The molecule has 4 heteroatoms. The third-order valence-electron chi connectivity index (χ3n) is 4.58. The van der Waals surface area contributed by atoms with Crippen LogP contribution < -0.4 is 11.1 Å². The lowest BCUT2D eigenvalue weighted by Crippen LogP contribution is -2.47. The fourth-order valence-corrected chi connectivity index (χ4v) is 3.46. The van der Waals surface area contributed by atoms with Crippen molar-refractivity contribution in [3.05, 3.63) is 35.4 Å². The number of piperidine rings is 1. The van der Waals surface area contributed by atoms with Gasteiger partial charge in [-0.25, -0.2) is 0 Å². The van der Waals surface area contributed by atoms with Gasteiger partial charge in [-0.15, -0.1) is 0 Å². The van der Waals surface area contributed by atoms with E-state index < -0.39 is 0 Å². The summed E-state index contributed by atoms with van der Waals surface area (Å²) in [5, 5.41) is 3.19. The molecule has 2 saturated heterocycles. The SMILES string of the molecule is NCc1cccc(C(=O)NC2CCN3CCCC3C2)c1. The number of nitrogens with zero attached hydrogens (tertiary/aromatic N) is 1. The lowest BCUT2D eigenvalue weighted by molar-refractivity contribution is 0.0896. The number of rotatable bonds is 3. The Kier molecular flexibility index (Phi) is 4.03. The lowest BCUT2D eigenvalue weighted by Gasteiger charge is -2.35. The Hall–Kier alpha value is -1.39. The Bertz CT molecular complexity index is 488. The maximum Gasteiger partial charge on any atom is 0.251 e. The monoisotopic (exact) mass is 273 g/mol. The third kappa shape index (κ3) is 2.86. The van der Waals surface area contributed by atoms with E-state index >= 15 is 0 Å². The number of amides is 1. The van der Waals surface area contributed by atoms with Crippen molar-refractivity contribution in [3.63, 3.8) is 0 Å². The predicted octanol–water partition coefficient (Wildman–Crippen LogP) is 1.50. The number of benzene rings is 1. The van der Waals surface area contributed by atoms with E-state index in [2.05, 4.69) is 10.2 Å². The van der Waals surface area contributed by atoms with Crippen molar-refractivity contribution < 1.29 is 4.79 Å². The van der Waals surface area contributed by atoms with Gasteiger partial charge in [-0.3, -0.25) is 4.79 Å². The van der Waals surface area contributed by atoms with Crippen molar-refractivity contribution in [3.8, 4) is 0 Å². The van der Waals surface area contributed by atoms with Crippen LogP contribution in [0.25, 0.3) is 0 Å². The molecule has 3 N–H and O–H groups in total. The van der Waals surface area contributed by atoms with Crippen LogP contribution in [0.1, 0.15) is 41.6 Å². The van der Waals surface area contributed by atoms with Gasteiger partial charge in [0.15, 0.2) is 0 Å². The minimum absolute atomic E-state index is 0.0387. The number of nitrogens with two attached hydrogens (primary N) is 1. The van der Waals surface area contributed by atoms with Gasteiger partial charge >= 0.3 is 0 Å². The molecular weight excluding hydrogens is 250 g/mol. The number of hydrogen-bond acceptors (Lipinski definition) is 3. The highest BCUT2D eigenvalue weighted by Crippen LogP contribution is 2.26. The van der Waals surface area contributed by atoms with Crippen LogP contribution >= 0.6 is 0 Å². The molecule has 2 unspecified atom stereocenters. The van der Waals surface area contributed by atoms with Gasteiger partial charge in [-0.05, 0) is 49.9 Å². The smallest absolute Gasteiger partial charge is 0.251 e. The van der Waals surface area contributed by atoms with E-state index in [1.807, 2.05) is 24.3 Å². The molecule has 1 amide bonds. The van der Waals surface area contributed by atoms with Crippen molar-refractivity contribution in [1.82, 2.24) is 10.2 Å². The third-order valence-corrected chi connectivity index (χ3v) is 4.58. The van der Waals surface area contributed by atoms with E-state index in [9.17, 15) is 4.79 Å². The van der Waals surface area contributed by atoms with E-state index in [0.29, 0.717) is 18.6 Å². The molecule has 2 heterocycles. The number of nitrogens with one attached hydrogen (secondary N) is 1. The summed E-state index contributed by atoms with van der Waals surface area (Å²) in [7, 11) is 0.